The summed E-state index contributed by atoms with van der Waals surface area (Å²) in [6, 6.07) is 20.5. The predicted octanol–water partition coefficient (Wildman–Crippen LogP) is 4.15. The maximum absolute atomic E-state index is 9.55. The quantitative estimate of drug-likeness (QED) is 0.691. The molecule has 4 rings (SSSR count). The molecule has 0 bridgehead atoms. The van der Waals surface area contributed by atoms with E-state index in [1.165, 1.54) is 42.3 Å². The van der Waals surface area contributed by atoms with E-state index >= 15 is 0 Å². The van der Waals surface area contributed by atoms with Crippen molar-refractivity contribution in [2.45, 2.75) is 23.8 Å². The normalized spacial score (nSPS) is 19.1. The van der Waals surface area contributed by atoms with Crippen LogP contribution in [-0.2, 0) is 9.59 Å². The number of rotatable bonds is 4. The Labute approximate surface area is 187 Å². The zero-order chi connectivity index (χ0) is 22.1. The Morgan fingerprint density at radius 1 is 0.871 bits per heavy atom. The second kappa shape index (κ2) is 11.6. The lowest BCUT2D eigenvalue weighted by Crippen LogP contribution is -2.47. The molecule has 0 aliphatic carbocycles. The maximum atomic E-state index is 9.55. The summed E-state index contributed by atoms with van der Waals surface area (Å²) < 4.78 is 0. The van der Waals surface area contributed by atoms with Gasteiger partial charge in [-0.05, 0) is 42.4 Å². The zero-order valence-electron chi connectivity index (χ0n) is 17.4. The molecule has 1 atom stereocenters. The summed E-state index contributed by atoms with van der Waals surface area (Å²) in [7, 11) is 0. The summed E-state index contributed by atoms with van der Waals surface area (Å²) in [6.45, 7) is 4.60. The molecule has 31 heavy (non-hydrogen) atoms. The molecule has 1 unspecified atom stereocenters. The maximum Gasteiger partial charge on any atom is 0.328 e. The minimum atomic E-state index is -1.26. The summed E-state index contributed by atoms with van der Waals surface area (Å²) in [5, 5.41) is 15.6. The lowest BCUT2D eigenvalue weighted by Gasteiger charge is -2.40. The monoisotopic (exact) mass is 440 g/mol. The van der Waals surface area contributed by atoms with Gasteiger partial charge in [0.1, 0.15) is 0 Å². The second-order valence-corrected chi connectivity index (χ2v) is 8.55. The van der Waals surface area contributed by atoms with Crippen LogP contribution >= 0.6 is 11.8 Å². The highest BCUT2D eigenvalue weighted by atomic mass is 32.2. The fraction of sp³-hybridized carbons (Fsp3) is 0.333. The molecule has 0 aromatic heterocycles. The zero-order valence-corrected chi connectivity index (χ0v) is 18.2. The minimum absolute atomic E-state index is 0.558. The fourth-order valence-corrected chi connectivity index (χ4v) is 5.03. The third-order valence-electron chi connectivity index (χ3n) is 5.40. The molecule has 0 radical (unpaired) electrons. The van der Waals surface area contributed by atoms with Crippen LogP contribution in [0.1, 0.15) is 24.4 Å². The van der Waals surface area contributed by atoms with Crippen LogP contribution in [0.15, 0.2) is 71.6 Å². The van der Waals surface area contributed by atoms with Crippen molar-refractivity contribution in [2.75, 3.05) is 36.8 Å². The van der Waals surface area contributed by atoms with E-state index in [-0.39, 0.29) is 0 Å². The predicted molar refractivity (Wildman–Crippen MR) is 124 cm³/mol. The van der Waals surface area contributed by atoms with Gasteiger partial charge in [-0.1, -0.05) is 36.4 Å². The van der Waals surface area contributed by atoms with E-state index in [9.17, 15) is 9.59 Å². The third-order valence-corrected chi connectivity index (χ3v) is 6.58. The summed E-state index contributed by atoms with van der Waals surface area (Å²) in [6.07, 6.45) is 3.74. The van der Waals surface area contributed by atoms with Gasteiger partial charge >= 0.3 is 11.9 Å². The van der Waals surface area contributed by atoms with Crippen LogP contribution in [0.25, 0.3) is 0 Å². The number of fused-ring (bicyclic) bond motifs is 1. The number of anilines is 1. The van der Waals surface area contributed by atoms with E-state index in [1.807, 2.05) is 11.8 Å². The van der Waals surface area contributed by atoms with Crippen molar-refractivity contribution in [2.24, 2.45) is 0 Å². The third kappa shape index (κ3) is 6.87. The van der Waals surface area contributed by atoms with E-state index < -0.39 is 11.9 Å². The molecule has 0 saturated carbocycles. The highest BCUT2D eigenvalue weighted by Crippen LogP contribution is 2.38. The largest absolute Gasteiger partial charge is 0.478 e. The van der Waals surface area contributed by atoms with Gasteiger partial charge in [-0.2, -0.15) is 0 Å². The second-order valence-electron chi connectivity index (χ2n) is 7.41. The molecule has 0 spiro atoms. The lowest BCUT2D eigenvalue weighted by molar-refractivity contribution is -0.134. The van der Waals surface area contributed by atoms with Crippen LogP contribution in [0.4, 0.5) is 5.69 Å². The van der Waals surface area contributed by atoms with E-state index in [1.54, 1.807) is 5.56 Å². The molecule has 2 N–H and O–H groups in total. The number of benzene rings is 2. The number of aliphatic carboxylic acids is 2. The Hall–Kier alpha value is -2.77. The molecule has 1 saturated heterocycles. The number of nitrogens with zero attached hydrogens (tertiary/aromatic N) is 2. The van der Waals surface area contributed by atoms with Crippen LogP contribution in [-0.4, -0.2) is 59.0 Å². The van der Waals surface area contributed by atoms with Crippen LogP contribution in [0.2, 0.25) is 0 Å². The van der Waals surface area contributed by atoms with Gasteiger partial charge in [-0.25, -0.2) is 9.59 Å². The van der Waals surface area contributed by atoms with Gasteiger partial charge in [-0.3, -0.25) is 4.90 Å². The molecule has 0 amide bonds. The molecule has 6 nitrogen and oxygen atoms in total. The van der Waals surface area contributed by atoms with Crippen LogP contribution < -0.4 is 4.90 Å². The average Bonchev–Trinajstić information content (AvgIpc) is 3.01. The molecule has 164 valence electrons. The van der Waals surface area contributed by atoms with E-state index in [0.717, 1.165) is 13.1 Å². The fourth-order valence-electron chi connectivity index (χ4n) is 3.95. The first-order valence-electron chi connectivity index (χ1n) is 10.4. The molecule has 2 heterocycles. The number of carboxylic acid groups (broad SMARTS) is 2. The number of thioether (sulfide) groups is 1. The number of para-hydroxylation sites is 1. The van der Waals surface area contributed by atoms with E-state index in [4.69, 9.17) is 10.2 Å². The lowest BCUT2D eigenvalue weighted by atomic mass is 9.99. The number of piperazine rings is 1. The van der Waals surface area contributed by atoms with Crippen LogP contribution in [0, 0.1) is 0 Å². The Bertz CT molecular complexity index is 879. The molecule has 2 aromatic rings. The highest BCUT2D eigenvalue weighted by molar-refractivity contribution is 7.99. The van der Waals surface area contributed by atoms with Gasteiger partial charge in [0.05, 0.1) is 0 Å². The van der Waals surface area contributed by atoms with Crippen molar-refractivity contribution in [1.82, 2.24) is 4.90 Å². The number of carboxylic acids is 2. The van der Waals surface area contributed by atoms with Gasteiger partial charge in [0, 0.05) is 55.0 Å². The molecule has 1 fully saturated rings. The number of carbonyl (C=O) groups is 2. The average molecular weight is 441 g/mol. The number of hydrogen-bond acceptors (Lipinski definition) is 5. The Balaban J connectivity index is 0.000000293. The summed E-state index contributed by atoms with van der Waals surface area (Å²) >= 11 is 2.04. The Kier molecular flexibility index (Phi) is 8.55. The standard InChI is InChI=1S/C20H24N2S.C4H4O4/c1-2-7-17(8-3-1)21-12-14-22(15-13-21)19-10-6-16-23-20-11-5-4-9-18(19)20;5-3(6)1-2-4(7)8/h1-5,7-9,11,19H,6,10,12-16H2;1-2H,(H,5,6)(H,7,8)/b;2-1-. The molecule has 2 aliphatic heterocycles. The first kappa shape index (κ1) is 22.9. The van der Waals surface area contributed by atoms with Gasteiger partial charge in [0.15, 0.2) is 0 Å². The van der Waals surface area contributed by atoms with Gasteiger partial charge in [0.25, 0.3) is 0 Å². The smallest absolute Gasteiger partial charge is 0.328 e. The van der Waals surface area contributed by atoms with Crippen molar-refractivity contribution in [3.05, 3.63) is 72.3 Å². The summed E-state index contributed by atoms with van der Waals surface area (Å²) in [5.74, 6) is -1.25. The van der Waals surface area contributed by atoms with Crippen molar-refractivity contribution in [1.29, 1.82) is 0 Å². The van der Waals surface area contributed by atoms with Crippen molar-refractivity contribution >= 4 is 29.4 Å². The van der Waals surface area contributed by atoms with Crippen LogP contribution in [0.3, 0.4) is 0 Å². The molecule has 2 aliphatic rings. The summed E-state index contributed by atoms with van der Waals surface area (Å²) in [5.41, 5.74) is 2.92. The first-order valence-corrected chi connectivity index (χ1v) is 11.4. The van der Waals surface area contributed by atoms with E-state index in [2.05, 4.69) is 64.4 Å². The minimum Gasteiger partial charge on any atom is -0.478 e. The number of hydrogen-bond donors (Lipinski definition) is 2. The highest BCUT2D eigenvalue weighted by Gasteiger charge is 2.27. The van der Waals surface area contributed by atoms with Crippen molar-refractivity contribution in [3.8, 4) is 0 Å². The van der Waals surface area contributed by atoms with Gasteiger partial charge in [-0.15, -0.1) is 11.8 Å². The van der Waals surface area contributed by atoms with Gasteiger partial charge in [0.2, 0.25) is 0 Å². The molecule has 2 aromatic carbocycles. The van der Waals surface area contributed by atoms with Crippen molar-refractivity contribution < 1.29 is 19.8 Å². The summed E-state index contributed by atoms with van der Waals surface area (Å²) in [4.78, 5) is 25.8. The molecule has 7 heteroatoms. The van der Waals surface area contributed by atoms with Gasteiger partial charge < -0.3 is 15.1 Å². The Morgan fingerprint density at radius 2 is 1.48 bits per heavy atom. The molecular formula is C24H28N2O4S. The van der Waals surface area contributed by atoms with Crippen molar-refractivity contribution in [3.63, 3.8) is 0 Å². The topological polar surface area (TPSA) is 81.1 Å². The SMILES string of the molecule is O=C(O)/C=C\C(=O)O.c1ccc(N2CCN(C3CCCSc4ccccc43)CC2)cc1. The Morgan fingerprint density at radius 3 is 2.13 bits per heavy atom. The van der Waals surface area contributed by atoms with E-state index in [0.29, 0.717) is 18.2 Å². The first-order chi connectivity index (χ1) is 15.0. The van der Waals surface area contributed by atoms with Crippen LogP contribution in [0.5, 0.6) is 0 Å². The molecular weight excluding hydrogens is 412 g/mol.